The van der Waals surface area contributed by atoms with Gasteiger partial charge in [0.15, 0.2) is 0 Å². The summed E-state index contributed by atoms with van der Waals surface area (Å²) in [6.07, 6.45) is 1.84. The van der Waals surface area contributed by atoms with Gasteiger partial charge < -0.3 is 19.4 Å². The van der Waals surface area contributed by atoms with Crippen LogP contribution in [0.15, 0.2) is 29.1 Å². The summed E-state index contributed by atoms with van der Waals surface area (Å²) in [5.41, 5.74) is 2.05. The highest BCUT2D eigenvalue weighted by atomic mass is 19.4. The predicted octanol–water partition coefficient (Wildman–Crippen LogP) is 2.41. The Morgan fingerprint density at radius 2 is 2.07 bits per heavy atom. The number of carboxylic acids is 1. The van der Waals surface area contributed by atoms with Crippen molar-refractivity contribution >= 4 is 11.9 Å². The van der Waals surface area contributed by atoms with Gasteiger partial charge in [-0.3, -0.25) is 9.69 Å². The molecule has 0 bridgehead atoms. The standard InChI is InChI=1S/C17H22N4O2.C2HF3O2/c1-20-11-18-15-10-21(8-13-6-3-7-23-13)9-14(16(15)20)17(22)19-12-4-2-5-12;3-2(4,5)1(6)7/h3,6-7,11-12,14H,2,4-5,8-10H2,1H3,(H,19,22);(H,6,7). The molecule has 164 valence electrons. The number of alkyl halides is 3. The summed E-state index contributed by atoms with van der Waals surface area (Å²) in [5, 5.41) is 10.3. The zero-order chi connectivity index (χ0) is 21.9. The Kier molecular flexibility index (Phi) is 6.49. The van der Waals surface area contributed by atoms with E-state index in [9.17, 15) is 18.0 Å². The van der Waals surface area contributed by atoms with Gasteiger partial charge >= 0.3 is 12.1 Å². The first-order valence-electron chi connectivity index (χ1n) is 9.50. The number of nitrogens with one attached hydrogen (secondary N) is 1. The molecule has 3 heterocycles. The van der Waals surface area contributed by atoms with Crippen molar-refractivity contribution in [2.45, 2.75) is 50.5 Å². The Bertz CT molecular complexity index is 875. The fourth-order valence-corrected chi connectivity index (χ4v) is 3.48. The lowest BCUT2D eigenvalue weighted by Crippen LogP contribution is -2.46. The highest BCUT2D eigenvalue weighted by Crippen LogP contribution is 2.29. The van der Waals surface area contributed by atoms with E-state index in [0.29, 0.717) is 19.1 Å². The Labute approximate surface area is 170 Å². The van der Waals surface area contributed by atoms with Crippen molar-refractivity contribution in [3.63, 3.8) is 0 Å². The third kappa shape index (κ3) is 5.21. The van der Waals surface area contributed by atoms with Gasteiger partial charge in [-0.1, -0.05) is 0 Å². The first kappa shape index (κ1) is 21.9. The Morgan fingerprint density at radius 3 is 2.60 bits per heavy atom. The predicted molar refractivity (Wildman–Crippen MR) is 98.2 cm³/mol. The molecule has 2 N–H and O–H groups in total. The lowest BCUT2D eigenvalue weighted by atomic mass is 9.91. The van der Waals surface area contributed by atoms with Crippen LogP contribution in [0.1, 0.15) is 42.3 Å². The van der Waals surface area contributed by atoms with Gasteiger partial charge in [-0.05, 0) is 31.4 Å². The number of hydrogen-bond acceptors (Lipinski definition) is 5. The number of nitrogens with zero attached hydrogens (tertiary/aromatic N) is 3. The van der Waals surface area contributed by atoms with Crippen molar-refractivity contribution in [1.29, 1.82) is 0 Å². The van der Waals surface area contributed by atoms with Crippen LogP contribution in [0.4, 0.5) is 13.2 Å². The number of imidazole rings is 1. The average Bonchev–Trinajstić information content (AvgIpc) is 3.27. The van der Waals surface area contributed by atoms with Crippen molar-refractivity contribution in [2.75, 3.05) is 6.54 Å². The number of carbonyl (C=O) groups is 2. The summed E-state index contributed by atoms with van der Waals surface area (Å²) in [6.45, 7) is 2.16. The van der Waals surface area contributed by atoms with Crippen LogP contribution in [-0.2, 0) is 29.7 Å². The molecular formula is C19H23F3N4O4. The fourth-order valence-electron chi connectivity index (χ4n) is 3.48. The van der Waals surface area contributed by atoms with Crippen LogP contribution in [0.25, 0.3) is 0 Å². The summed E-state index contributed by atoms with van der Waals surface area (Å²) in [4.78, 5) is 28.4. The first-order chi connectivity index (χ1) is 14.1. The molecule has 1 saturated carbocycles. The van der Waals surface area contributed by atoms with Gasteiger partial charge in [0.05, 0.1) is 36.4 Å². The highest BCUT2D eigenvalue weighted by molar-refractivity contribution is 5.84. The van der Waals surface area contributed by atoms with Crippen molar-refractivity contribution in [3.8, 4) is 0 Å². The van der Waals surface area contributed by atoms with Crippen LogP contribution < -0.4 is 5.32 Å². The van der Waals surface area contributed by atoms with Crippen LogP contribution in [0.2, 0.25) is 0 Å². The Balaban J connectivity index is 0.000000318. The number of aromatic nitrogens is 2. The van der Waals surface area contributed by atoms with Gasteiger partial charge in [0.1, 0.15) is 5.76 Å². The summed E-state index contributed by atoms with van der Waals surface area (Å²) < 4.78 is 39.2. The normalized spacial score (nSPS) is 19.3. The molecule has 1 atom stereocenters. The second-order valence-corrected chi connectivity index (χ2v) is 7.43. The minimum atomic E-state index is -5.08. The third-order valence-corrected chi connectivity index (χ3v) is 5.18. The van der Waals surface area contributed by atoms with E-state index in [1.165, 1.54) is 6.42 Å². The zero-order valence-electron chi connectivity index (χ0n) is 16.4. The molecule has 11 heteroatoms. The molecule has 1 unspecified atom stereocenters. The zero-order valence-corrected chi connectivity index (χ0v) is 16.4. The SMILES string of the molecule is Cn1cnc2c1C(C(=O)NC1CCC1)CN(Cc1ccco1)C2.O=C(O)C(F)(F)F. The molecule has 1 amide bonds. The number of aliphatic carboxylic acids is 1. The molecule has 0 radical (unpaired) electrons. The highest BCUT2D eigenvalue weighted by Gasteiger charge is 2.38. The molecule has 2 aromatic heterocycles. The largest absolute Gasteiger partial charge is 0.490 e. The summed E-state index contributed by atoms with van der Waals surface area (Å²) in [5.74, 6) is -1.87. The fraction of sp³-hybridized carbons (Fsp3) is 0.526. The average molecular weight is 428 g/mol. The molecule has 0 aromatic carbocycles. The van der Waals surface area contributed by atoms with E-state index < -0.39 is 12.1 Å². The third-order valence-electron chi connectivity index (χ3n) is 5.18. The lowest BCUT2D eigenvalue weighted by molar-refractivity contribution is -0.192. The molecule has 2 aromatic rings. The number of hydrogen-bond donors (Lipinski definition) is 2. The summed E-state index contributed by atoms with van der Waals surface area (Å²) in [6, 6.07) is 4.23. The van der Waals surface area contributed by atoms with Crippen molar-refractivity contribution in [1.82, 2.24) is 19.8 Å². The van der Waals surface area contributed by atoms with E-state index in [-0.39, 0.29) is 11.8 Å². The van der Waals surface area contributed by atoms with Crippen LogP contribution in [-0.4, -0.2) is 50.2 Å². The maximum atomic E-state index is 12.8. The first-order valence-corrected chi connectivity index (χ1v) is 9.50. The molecule has 1 aliphatic heterocycles. The molecular weight excluding hydrogens is 405 g/mol. The van der Waals surface area contributed by atoms with Gasteiger partial charge in [-0.15, -0.1) is 0 Å². The summed E-state index contributed by atoms with van der Waals surface area (Å²) >= 11 is 0. The molecule has 1 aliphatic carbocycles. The maximum absolute atomic E-state index is 12.8. The summed E-state index contributed by atoms with van der Waals surface area (Å²) in [7, 11) is 1.97. The number of carbonyl (C=O) groups excluding carboxylic acids is 1. The van der Waals surface area contributed by atoms with E-state index in [1.54, 1.807) is 6.26 Å². The molecule has 2 aliphatic rings. The molecule has 4 rings (SSSR count). The maximum Gasteiger partial charge on any atom is 0.490 e. The van der Waals surface area contributed by atoms with Crippen LogP contribution in [0.5, 0.6) is 0 Å². The van der Waals surface area contributed by atoms with Gasteiger partial charge in [-0.25, -0.2) is 9.78 Å². The van der Waals surface area contributed by atoms with Crippen LogP contribution in [0.3, 0.4) is 0 Å². The monoisotopic (exact) mass is 428 g/mol. The molecule has 0 spiro atoms. The van der Waals surface area contributed by atoms with Crippen LogP contribution >= 0.6 is 0 Å². The van der Waals surface area contributed by atoms with Gasteiger partial charge in [-0.2, -0.15) is 13.2 Å². The Hall–Kier alpha value is -2.82. The van der Waals surface area contributed by atoms with E-state index in [4.69, 9.17) is 14.3 Å². The minimum Gasteiger partial charge on any atom is -0.475 e. The molecule has 8 nitrogen and oxygen atoms in total. The van der Waals surface area contributed by atoms with Gasteiger partial charge in [0.25, 0.3) is 0 Å². The van der Waals surface area contributed by atoms with E-state index >= 15 is 0 Å². The van der Waals surface area contributed by atoms with Crippen molar-refractivity contribution in [3.05, 3.63) is 41.9 Å². The molecule has 1 fully saturated rings. The number of fused-ring (bicyclic) bond motifs is 1. The number of carboxylic acid groups (broad SMARTS) is 1. The number of rotatable bonds is 4. The number of amides is 1. The van der Waals surface area contributed by atoms with Crippen molar-refractivity contribution < 1.29 is 32.3 Å². The second kappa shape index (κ2) is 8.90. The number of furan rings is 1. The molecule has 30 heavy (non-hydrogen) atoms. The topological polar surface area (TPSA) is 101 Å². The quantitative estimate of drug-likeness (QED) is 0.776. The number of aryl methyl sites for hydroxylation is 1. The van der Waals surface area contributed by atoms with E-state index in [1.807, 2.05) is 30.1 Å². The molecule has 0 saturated heterocycles. The lowest BCUT2D eigenvalue weighted by Gasteiger charge is -2.34. The number of halogens is 3. The smallest absolute Gasteiger partial charge is 0.475 e. The van der Waals surface area contributed by atoms with Gasteiger partial charge in [0, 0.05) is 26.2 Å². The van der Waals surface area contributed by atoms with E-state index in [0.717, 1.165) is 36.5 Å². The van der Waals surface area contributed by atoms with Crippen molar-refractivity contribution in [2.24, 2.45) is 7.05 Å². The van der Waals surface area contributed by atoms with Gasteiger partial charge in [0.2, 0.25) is 5.91 Å². The Morgan fingerprint density at radius 1 is 1.37 bits per heavy atom. The van der Waals surface area contributed by atoms with Crippen LogP contribution in [0, 0.1) is 0 Å². The second-order valence-electron chi connectivity index (χ2n) is 7.43. The minimum absolute atomic E-state index is 0.128. The van der Waals surface area contributed by atoms with E-state index in [2.05, 4.69) is 15.2 Å².